The van der Waals surface area contributed by atoms with E-state index in [2.05, 4.69) is 5.32 Å². The summed E-state index contributed by atoms with van der Waals surface area (Å²) in [5.74, 6) is -1.51. The summed E-state index contributed by atoms with van der Waals surface area (Å²) in [5.41, 5.74) is 5.03. The number of nitrogens with one attached hydrogen (secondary N) is 1. The largest absolute Gasteiger partial charge is 0.392 e. The van der Waals surface area contributed by atoms with Gasteiger partial charge < -0.3 is 15.3 Å². The first kappa shape index (κ1) is 27.0. The minimum atomic E-state index is -1.14. The highest BCUT2D eigenvalue weighted by Gasteiger charge is 2.34. The summed E-state index contributed by atoms with van der Waals surface area (Å²) in [6, 6.07) is 36.8. The Balaban J connectivity index is 1.44. The second-order valence-electron chi connectivity index (χ2n) is 10.1. The molecule has 5 rings (SSSR count). The lowest BCUT2D eigenvalue weighted by Gasteiger charge is -2.26. The van der Waals surface area contributed by atoms with Gasteiger partial charge in [-0.3, -0.25) is 9.59 Å². The molecule has 6 nitrogen and oxygen atoms in total. The number of rotatable bonds is 9. The molecule has 3 atom stereocenters. The van der Waals surface area contributed by atoms with Crippen molar-refractivity contribution in [3.63, 3.8) is 0 Å². The zero-order chi connectivity index (χ0) is 27.9. The summed E-state index contributed by atoms with van der Waals surface area (Å²) in [4.78, 5) is 33.8. The van der Waals surface area contributed by atoms with Crippen LogP contribution in [0.2, 0.25) is 0 Å². The van der Waals surface area contributed by atoms with Crippen LogP contribution in [-0.2, 0) is 22.4 Å². The third-order valence-electron chi connectivity index (χ3n) is 7.34. The summed E-state index contributed by atoms with van der Waals surface area (Å²) < 4.78 is 0. The molecule has 1 aliphatic rings. The second kappa shape index (κ2) is 12.5. The SMILES string of the molecule is CN1C(=O)C(NC(=O)[C@H](Cc2ccccc2)[C@@H](O)CCc2ccccc2)N=C(c2ccccc2)c2ccccc21. The van der Waals surface area contributed by atoms with Crippen molar-refractivity contribution in [1.29, 1.82) is 0 Å². The molecule has 2 amide bonds. The van der Waals surface area contributed by atoms with Crippen LogP contribution in [0.1, 0.15) is 28.7 Å². The lowest BCUT2D eigenvalue weighted by molar-refractivity contribution is -0.132. The maximum atomic E-state index is 13.8. The van der Waals surface area contributed by atoms with Crippen LogP contribution in [0.3, 0.4) is 0 Å². The number of hydrogen-bond donors (Lipinski definition) is 2. The van der Waals surface area contributed by atoms with Crippen LogP contribution in [0.4, 0.5) is 5.69 Å². The quantitative estimate of drug-likeness (QED) is 0.326. The molecular weight excluding hydrogens is 498 g/mol. The van der Waals surface area contributed by atoms with E-state index in [0.717, 1.165) is 27.9 Å². The standard InChI is InChI=1S/C34H33N3O3/c1-37-29-20-12-11-19-27(29)31(26-17-9-4-10-18-26)35-32(34(37)40)36-33(39)28(23-25-15-7-3-8-16-25)30(38)22-21-24-13-5-2-6-14-24/h2-20,28,30,32,38H,21-23H2,1H3,(H,36,39)/t28-,30+,32?/m1/s1. The molecule has 0 saturated heterocycles. The van der Waals surface area contributed by atoms with E-state index in [0.29, 0.717) is 25.0 Å². The predicted octanol–water partition coefficient (Wildman–Crippen LogP) is 4.80. The van der Waals surface area contributed by atoms with E-state index >= 15 is 0 Å². The van der Waals surface area contributed by atoms with Gasteiger partial charge in [-0.25, -0.2) is 4.99 Å². The first-order valence-electron chi connectivity index (χ1n) is 13.6. The Labute approximate surface area is 235 Å². The van der Waals surface area contributed by atoms with Gasteiger partial charge in [-0.05, 0) is 36.5 Å². The van der Waals surface area contributed by atoms with E-state index in [1.165, 1.54) is 4.90 Å². The van der Waals surface area contributed by atoms with Crippen molar-refractivity contribution in [2.24, 2.45) is 10.9 Å². The van der Waals surface area contributed by atoms with Crippen molar-refractivity contribution in [2.75, 3.05) is 11.9 Å². The molecule has 0 fully saturated rings. The van der Waals surface area contributed by atoms with E-state index in [1.54, 1.807) is 7.05 Å². The molecule has 202 valence electrons. The molecule has 4 aromatic carbocycles. The van der Waals surface area contributed by atoms with E-state index in [4.69, 9.17) is 4.99 Å². The highest BCUT2D eigenvalue weighted by atomic mass is 16.3. The van der Waals surface area contributed by atoms with Gasteiger partial charge in [0.2, 0.25) is 12.1 Å². The number of carbonyl (C=O) groups is 2. The number of anilines is 1. The van der Waals surface area contributed by atoms with Crippen LogP contribution in [0.25, 0.3) is 0 Å². The lowest BCUT2D eigenvalue weighted by Crippen LogP contribution is -2.50. The van der Waals surface area contributed by atoms with Crippen molar-refractivity contribution in [3.05, 3.63) is 138 Å². The molecule has 1 aliphatic heterocycles. The maximum absolute atomic E-state index is 13.8. The average Bonchev–Trinajstić information content (AvgIpc) is 3.10. The number of aliphatic hydroxyl groups is 1. The van der Waals surface area contributed by atoms with Gasteiger partial charge in [0.1, 0.15) is 0 Å². The van der Waals surface area contributed by atoms with E-state index in [9.17, 15) is 14.7 Å². The highest BCUT2D eigenvalue weighted by molar-refractivity contribution is 6.20. The molecule has 2 N–H and O–H groups in total. The van der Waals surface area contributed by atoms with Crippen LogP contribution in [-0.4, -0.2) is 41.9 Å². The molecule has 1 heterocycles. The van der Waals surface area contributed by atoms with Crippen LogP contribution in [0, 0.1) is 5.92 Å². The molecule has 0 aromatic heterocycles. The van der Waals surface area contributed by atoms with Crippen molar-refractivity contribution >= 4 is 23.2 Å². The first-order chi connectivity index (χ1) is 19.5. The Morgan fingerprint density at radius 3 is 2.10 bits per heavy atom. The van der Waals surface area contributed by atoms with Crippen LogP contribution < -0.4 is 10.2 Å². The molecule has 0 aliphatic carbocycles. The average molecular weight is 532 g/mol. The van der Waals surface area contributed by atoms with Gasteiger partial charge in [0.15, 0.2) is 0 Å². The Kier molecular flexibility index (Phi) is 8.47. The molecule has 40 heavy (non-hydrogen) atoms. The van der Waals surface area contributed by atoms with Crippen molar-refractivity contribution < 1.29 is 14.7 Å². The lowest BCUT2D eigenvalue weighted by atomic mass is 9.89. The van der Waals surface area contributed by atoms with Gasteiger partial charge in [0, 0.05) is 18.2 Å². The number of nitrogens with zero attached hydrogens (tertiary/aromatic N) is 2. The first-order valence-corrected chi connectivity index (χ1v) is 13.6. The number of hydrogen-bond acceptors (Lipinski definition) is 4. The molecule has 0 saturated carbocycles. The third-order valence-corrected chi connectivity index (χ3v) is 7.34. The summed E-state index contributed by atoms with van der Waals surface area (Å²) >= 11 is 0. The smallest absolute Gasteiger partial charge is 0.272 e. The number of para-hydroxylation sites is 1. The van der Waals surface area contributed by atoms with Gasteiger partial charge in [0.25, 0.3) is 5.91 Å². The number of aliphatic imine (C=N–C) groups is 1. The normalized spacial score (nSPS) is 16.4. The van der Waals surface area contributed by atoms with Gasteiger partial charge in [-0.2, -0.15) is 0 Å². The predicted molar refractivity (Wildman–Crippen MR) is 158 cm³/mol. The van der Waals surface area contributed by atoms with Crippen molar-refractivity contribution in [1.82, 2.24) is 5.32 Å². The number of amides is 2. The maximum Gasteiger partial charge on any atom is 0.272 e. The number of benzene rings is 4. The molecular formula is C34H33N3O3. The minimum absolute atomic E-state index is 0.342. The van der Waals surface area contributed by atoms with E-state index < -0.39 is 24.1 Å². The summed E-state index contributed by atoms with van der Waals surface area (Å²) in [6.45, 7) is 0. The Morgan fingerprint density at radius 2 is 1.43 bits per heavy atom. The topological polar surface area (TPSA) is 82.0 Å². The zero-order valence-electron chi connectivity index (χ0n) is 22.5. The van der Waals surface area contributed by atoms with E-state index in [1.807, 2.05) is 115 Å². The Morgan fingerprint density at radius 1 is 0.850 bits per heavy atom. The van der Waals surface area contributed by atoms with Crippen LogP contribution >= 0.6 is 0 Å². The summed E-state index contributed by atoms with van der Waals surface area (Å²) in [7, 11) is 1.69. The molecule has 0 spiro atoms. The second-order valence-corrected chi connectivity index (χ2v) is 10.1. The Hall–Kier alpha value is -4.55. The molecule has 0 bridgehead atoms. The van der Waals surface area contributed by atoms with Gasteiger partial charge >= 0.3 is 0 Å². The fourth-order valence-electron chi connectivity index (χ4n) is 5.12. The van der Waals surface area contributed by atoms with Crippen LogP contribution in [0.5, 0.6) is 0 Å². The van der Waals surface area contributed by atoms with Gasteiger partial charge in [-0.1, -0.05) is 109 Å². The number of aryl methyl sites for hydroxylation is 1. The molecule has 0 radical (unpaired) electrons. The number of fused-ring (bicyclic) bond motifs is 1. The molecule has 4 aromatic rings. The van der Waals surface area contributed by atoms with Gasteiger partial charge in [-0.15, -0.1) is 0 Å². The number of benzodiazepines with no additional fused rings is 1. The fourth-order valence-corrected chi connectivity index (χ4v) is 5.12. The summed E-state index contributed by atoms with van der Waals surface area (Å²) in [6.07, 6.45) is -0.655. The number of aliphatic hydroxyl groups excluding tert-OH is 1. The molecule has 1 unspecified atom stereocenters. The van der Waals surface area contributed by atoms with Crippen LogP contribution in [0.15, 0.2) is 120 Å². The monoisotopic (exact) mass is 531 g/mol. The molecule has 6 heteroatoms. The highest BCUT2D eigenvalue weighted by Crippen LogP contribution is 2.27. The Bertz CT molecular complexity index is 1470. The fraction of sp³-hybridized carbons (Fsp3) is 0.206. The minimum Gasteiger partial charge on any atom is -0.392 e. The van der Waals surface area contributed by atoms with Crippen molar-refractivity contribution in [2.45, 2.75) is 31.5 Å². The zero-order valence-corrected chi connectivity index (χ0v) is 22.5. The van der Waals surface area contributed by atoms with Crippen molar-refractivity contribution in [3.8, 4) is 0 Å². The summed E-state index contributed by atoms with van der Waals surface area (Å²) in [5, 5.41) is 14.2. The van der Waals surface area contributed by atoms with Gasteiger partial charge in [0.05, 0.1) is 23.4 Å². The third kappa shape index (κ3) is 6.19. The number of likely N-dealkylation sites (N-methyl/N-ethyl adjacent to an activating group) is 1. The van der Waals surface area contributed by atoms with E-state index in [-0.39, 0.29) is 5.91 Å². The number of carbonyl (C=O) groups excluding carboxylic acids is 2.